The van der Waals surface area contributed by atoms with E-state index in [9.17, 15) is 14.4 Å². The molecule has 0 aliphatic heterocycles. The third kappa shape index (κ3) is 2.87. The van der Waals surface area contributed by atoms with Crippen molar-refractivity contribution in [3.8, 4) is 6.07 Å². The first kappa shape index (κ1) is 13.8. The number of nitrogens with zero attached hydrogens (tertiary/aromatic N) is 1. The van der Waals surface area contributed by atoms with Crippen LogP contribution < -0.4 is 5.32 Å². The molecule has 1 saturated carbocycles. The molecule has 0 aromatic heterocycles. The predicted molar refractivity (Wildman–Crippen MR) is 71.2 cm³/mol. The van der Waals surface area contributed by atoms with E-state index in [1.165, 1.54) is 12.1 Å². The summed E-state index contributed by atoms with van der Waals surface area (Å²) in [6.45, 7) is 0. The molecule has 1 fully saturated rings. The lowest BCUT2D eigenvalue weighted by molar-refractivity contribution is -0.124. The number of hydrogen-bond acceptors (Lipinski definition) is 2. The van der Waals surface area contributed by atoms with Crippen LogP contribution in [0, 0.1) is 22.6 Å². The van der Waals surface area contributed by atoms with Crippen LogP contribution in [0.3, 0.4) is 0 Å². The Morgan fingerprint density at radius 1 is 1.37 bits per heavy atom. The van der Waals surface area contributed by atoms with Gasteiger partial charge < -0.3 is 5.32 Å². The number of anilines is 1. The summed E-state index contributed by atoms with van der Waals surface area (Å²) in [5, 5.41) is 12.1. The van der Waals surface area contributed by atoms with Gasteiger partial charge in [-0.25, -0.2) is 4.39 Å². The summed E-state index contributed by atoms with van der Waals surface area (Å²) in [5.74, 6) is -0.807. The quantitative estimate of drug-likeness (QED) is 0.893. The number of nitrogens with one attached hydrogen (secondary N) is 1. The van der Waals surface area contributed by atoms with Gasteiger partial charge in [0.05, 0.1) is 16.8 Å². The predicted octanol–water partition coefficient (Wildman–Crippen LogP) is 3.89. The molecule has 0 bridgehead atoms. The van der Waals surface area contributed by atoms with E-state index in [4.69, 9.17) is 11.6 Å². The average Bonchev–Trinajstić information content (AvgIpc) is 2.42. The van der Waals surface area contributed by atoms with Crippen molar-refractivity contribution in [3.63, 3.8) is 0 Å². The summed E-state index contributed by atoms with van der Waals surface area (Å²) in [6.07, 6.45) is 3.92. The second-order valence-electron chi connectivity index (χ2n) is 4.83. The average molecular weight is 281 g/mol. The van der Waals surface area contributed by atoms with Crippen LogP contribution in [-0.4, -0.2) is 5.91 Å². The molecule has 0 atom stereocenters. The number of carbonyl (C=O) groups is 1. The molecule has 5 heteroatoms. The fourth-order valence-electron chi connectivity index (χ4n) is 2.38. The van der Waals surface area contributed by atoms with Gasteiger partial charge in [-0.15, -0.1) is 0 Å². The van der Waals surface area contributed by atoms with Gasteiger partial charge in [-0.3, -0.25) is 4.79 Å². The van der Waals surface area contributed by atoms with E-state index in [-0.39, 0.29) is 10.9 Å². The van der Waals surface area contributed by atoms with Crippen LogP contribution in [0.5, 0.6) is 0 Å². The van der Waals surface area contributed by atoms with E-state index in [2.05, 4.69) is 11.4 Å². The minimum atomic E-state index is -0.976. The molecule has 1 aliphatic carbocycles. The Kier molecular flexibility index (Phi) is 4.06. The topological polar surface area (TPSA) is 52.9 Å². The van der Waals surface area contributed by atoms with Gasteiger partial charge in [0, 0.05) is 0 Å². The van der Waals surface area contributed by atoms with Gasteiger partial charge in [0.1, 0.15) is 11.2 Å². The molecule has 0 radical (unpaired) electrons. The van der Waals surface area contributed by atoms with Crippen LogP contribution in [0.15, 0.2) is 18.2 Å². The molecule has 100 valence electrons. The van der Waals surface area contributed by atoms with Gasteiger partial charge >= 0.3 is 0 Å². The van der Waals surface area contributed by atoms with Crippen molar-refractivity contribution in [2.75, 3.05) is 5.32 Å². The SMILES string of the molecule is N#CC1(C(=O)Nc2ccc(F)cc2Cl)CCCCC1. The lowest BCUT2D eigenvalue weighted by Crippen LogP contribution is -2.36. The van der Waals surface area contributed by atoms with Crippen molar-refractivity contribution in [3.05, 3.63) is 29.0 Å². The van der Waals surface area contributed by atoms with Crippen molar-refractivity contribution >= 4 is 23.2 Å². The zero-order chi connectivity index (χ0) is 13.9. The molecule has 1 amide bonds. The number of halogens is 2. The Hall–Kier alpha value is -1.60. The number of carbonyl (C=O) groups excluding carboxylic acids is 1. The fraction of sp³-hybridized carbons (Fsp3) is 0.429. The number of hydrogen-bond donors (Lipinski definition) is 1. The zero-order valence-electron chi connectivity index (χ0n) is 10.4. The van der Waals surface area contributed by atoms with Gasteiger partial charge in [-0.1, -0.05) is 30.9 Å². The Labute approximate surface area is 116 Å². The molecule has 1 aliphatic rings. The van der Waals surface area contributed by atoms with Crippen molar-refractivity contribution in [2.24, 2.45) is 5.41 Å². The molecular formula is C14H14ClFN2O. The molecule has 1 aromatic rings. The molecule has 1 N–H and O–H groups in total. The van der Waals surface area contributed by atoms with Crippen LogP contribution in [-0.2, 0) is 4.79 Å². The van der Waals surface area contributed by atoms with E-state index >= 15 is 0 Å². The number of nitriles is 1. The Morgan fingerprint density at radius 3 is 2.63 bits per heavy atom. The van der Waals surface area contributed by atoms with Crippen LogP contribution >= 0.6 is 11.6 Å². The zero-order valence-corrected chi connectivity index (χ0v) is 11.1. The minimum absolute atomic E-state index is 0.136. The molecular weight excluding hydrogens is 267 g/mol. The number of rotatable bonds is 2. The highest BCUT2D eigenvalue weighted by Gasteiger charge is 2.39. The Bertz CT molecular complexity index is 533. The van der Waals surface area contributed by atoms with E-state index < -0.39 is 11.2 Å². The third-order valence-electron chi connectivity index (χ3n) is 3.54. The molecule has 0 spiro atoms. The normalized spacial score (nSPS) is 17.5. The molecule has 19 heavy (non-hydrogen) atoms. The second-order valence-corrected chi connectivity index (χ2v) is 5.24. The molecule has 0 unspecified atom stereocenters. The molecule has 3 nitrogen and oxygen atoms in total. The summed E-state index contributed by atoms with van der Waals surface area (Å²) < 4.78 is 12.9. The molecule has 2 rings (SSSR count). The van der Waals surface area contributed by atoms with Gasteiger partial charge in [0.15, 0.2) is 0 Å². The first-order valence-electron chi connectivity index (χ1n) is 6.25. The smallest absolute Gasteiger partial charge is 0.244 e. The van der Waals surface area contributed by atoms with Crippen molar-refractivity contribution in [1.29, 1.82) is 5.26 Å². The number of benzene rings is 1. The van der Waals surface area contributed by atoms with Crippen LogP contribution in [0.2, 0.25) is 5.02 Å². The van der Waals surface area contributed by atoms with E-state index in [0.29, 0.717) is 18.5 Å². The Morgan fingerprint density at radius 2 is 2.05 bits per heavy atom. The van der Waals surface area contributed by atoms with E-state index in [1.807, 2.05) is 0 Å². The maximum absolute atomic E-state index is 12.9. The lowest BCUT2D eigenvalue weighted by atomic mass is 9.74. The van der Waals surface area contributed by atoms with Crippen LogP contribution in [0.25, 0.3) is 0 Å². The highest BCUT2D eigenvalue weighted by Crippen LogP contribution is 2.37. The first-order chi connectivity index (χ1) is 9.07. The van der Waals surface area contributed by atoms with Crippen molar-refractivity contribution in [2.45, 2.75) is 32.1 Å². The molecule has 1 aromatic carbocycles. The van der Waals surface area contributed by atoms with Gasteiger partial charge in [0.25, 0.3) is 0 Å². The van der Waals surface area contributed by atoms with Crippen LogP contribution in [0.4, 0.5) is 10.1 Å². The highest BCUT2D eigenvalue weighted by molar-refractivity contribution is 6.33. The van der Waals surface area contributed by atoms with Crippen LogP contribution in [0.1, 0.15) is 32.1 Å². The monoisotopic (exact) mass is 280 g/mol. The largest absolute Gasteiger partial charge is 0.323 e. The van der Waals surface area contributed by atoms with Crippen molar-refractivity contribution < 1.29 is 9.18 Å². The van der Waals surface area contributed by atoms with E-state index in [0.717, 1.165) is 25.3 Å². The lowest BCUT2D eigenvalue weighted by Gasteiger charge is -2.29. The van der Waals surface area contributed by atoms with Gasteiger partial charge in [0.2, 0.25) is 5.91 Å². The summed E-state index contributed by atoms with van der Waals surface area (Å²) in [7, 11) is 0. The van der Waals surface area contributed by atoms with Gasteiger partial charge in [-0.05, 0) is 31.0 Å². The summed E-state index contributed by atoms with van der Waals surface area (Å²) in [4.78, 5) is 12.3. The highest BCUT2D eigenvalue weighted by atomic mass is 35.5. The summed E-state index contributed by atoms with van der Waals surface area (Å²) in [5.41, 5.74) is -0.635. The van der Waals surface area contributed by atoms with Gasteiger partial charge in [-0.2, -0.15) is 5.26 Å². The fourth-order valence-corrected chi connectivity index (χ4v) is 2.59. The van der Waals surface area contributed by atoms with E-state index in [1.54, 1.807) is 0 Å². The maximum Gasteiger partial charge on any atom is 0.244 e. The summed E-state index contributed by atoms with van der Waals surface area (Å²) >= 11 is 5.86. The molecule has 0 heterocycles. The third-order valence-corrected chi connectivity index (χ3v) is 3.85. The molecule has 0 saturated heterocycles. The standard InChI is InChI=1S/C14H14ClFN2O/c15-11-8-10(16)4-5-12(11)18-13(19)14(9-17)6-2-1-3-7-14/h4-5,8H,1-3,6-7H2,(H,18,19). The minimum Gasteiger partial charge on any atom is -0.323 e. The van der Waals surface area contributed by atoms with Crippen molar-refractivity contribution in [1.82, 2.24) is 0 Å². The number of amides is 1. The maximum atomic E-state index is 12.9. The second kappa shape index (κ2) is 5.58. The first-order valence-corrected chi connectivity index (χ1v) is 6.63. The Balaban J connectivity index is 2.18. The summed E-state index contributed by atoms with van der Waals surface area (Å²) in [6, 6.07) is 5.90.